The number of aliphatic imine (C=N–C) groups is 1. The molecule has 4 nitrogen and oxygen atoms in total. The summed E-state index contributed by atoms with van der Waals surface area (Å²) in [5, 5.41) is 0. The first-order chi connectivity index (χ1) is 14.4. The molecule has 0 aliphatic carbocycles. The van der Waals surface area contributed by atoms with E-state index in [0.717, 1.165) is 42.7 Å². The van der Waals surface area contributed by atoms with Gasteiger partial charge in [-0.05, 0) is 54.3 Å². The number of hydrogen-bond acceptors (Lipinski definition) is 4. The molecule has 4 heteroatoms. The topological polar surface area (TPSA) is 40.0 Å². The summed E-state index contributed by atoms with van der Waals surface area (Å²) in [6.45, 7) is 1.22. The second-order valence-corrected chi connectivity index (χ2v) is 6.99. The van der Waals surface area contributed by atoms with E-state index in [-0.39, 0.29) is 6.29 Å². The van der Waals surface area contributed by atoms with E-state index < -0.39 is 0 Å². The molecular formula is C25H25NO3. The Morgan fingerprint density at radius 3 is 2.45 bits per heavy atom. The number of hydrogen-bond donors (Lipinski definition) is 0. The van der Waals surface area contributed by atoms with E-state index >= 15 is 0 Å². The van der Waals surface area contributed by atoms with Gasteiger partial charge >= 0.3 is 0 Å². The minimum atomic E-state index is -0.232. The fraction of sp³-hybridized carbons (Fsp3) is 0.240. The van der Waals surface area contributed by atoms with Crippen molar-refractivity contribution >= 4 is 11.9 Å². The largest absolute Gasteiger partial charge is 0.485 e. The first-order valence-electron chi connectivity index (χ1n) is 10.0. The third-order valence-corrected chi connectivity index (χ3v) is 4.72. The van der Waals surface area contributed by atoms with Crippen LogP contribution in [0.25, 0.3) is 0 Å². The predicted molar refractivity (Wildman–Crippen MR) is 115 cm³/mol. The van der Waals surface area contributed by atoms with Crippen LogP contribution in [0.3, 0.4) is 0 Å². The molecule has 0 radical (unpaired) electrons. The fourth-order valence-corrected chi connectivity index (χ4v) is 3.16. The Bertz CT molecular complexity index is 919. The van der Waals surface area contributed by atoms with E-state index in [4.69, 9.17) is 14.2 Å². The van der Waals surface area contributed by atoms with E-state index in [0.29, 0.717) is 18.1 Å². The van der Waals surface area contributed by atoms with Crippen LogP contribution in [0.2, 0.25) is 0 Å². The molecule has 1 aliphatic heterocycles. The minimum absolute atomic E-state index is 0.232. The van der Waals surface area contributed by atoms with Gasteiger partial charge in [-0.25, -0.2) is 0 Å². The molecule has 0 saturated carbocycles. The van der Waals surface area contributed by atoms with Crippen LogP contribution in [-0.4, -0.2) is 19.1 Å². The van der Waals surface area contributed by atoms with Gasteiger partial charge in [0.05, 0.1) is 12.3 Å². The Morgan fingerprint density at radius 1 is 0.897 bits per heavy atom. The molecule has 29 heavy (non-hydrogen) atoms. The van der Waals surface area contributed by atoms with Crippen molar-refractivity contribution < 1.29 is 14.2 Å². The van der Waals surface area contributed by atoms with Crippen molar-refractivity contribution in [3.05, 3.63) is 90.0 Å². The molecule has 0 N–H and O–H groups in total. The Hall–Kier alpha value is -3.11. The second-order valence-electron chi connectivity index (χ2n) is 6.99. The zero-order valence-electron chi connectivity index (χ0n) is 16.4. The Kier molecular flexibility index (Phi) is 6.56. The van der Waals surface area contributed by atoms with Crippen LogP contribution in [0.4, 0.5) is 5.69 Å². The molecule has 1 atom stereocenters. The summed E-state index contributed by atoms with van der Waals surface area (Å²) in [6.07, 6.45) is 4.69. The molecule has 3 aromatic rings. The summed E-state index contributed by atoms with van der Waals surface area (Å²) >= 11 is 0. The van der Waals surface area contributed by atoms with Crippen LogP contribution in [-0.2, 0) is 11.3 Å². The lowest BCUT2D eigenvalue weighted by Crippen LogP contribution is -2.25. The van der Waals surface area contributed by atoms with Gasteiger partial charge in [0.2, 0.25) is 0 Å². The van der Waals surface area contributed by atoms with Gasteiger partial charge in [-0.2, -0.15) is 0 Å². The van der Waals surface area contributed by atoms with Crippen LogP contribution in [0.1, 0.15) is 30.4 Å². The number of nitrogens with zero attached hydrogens (tertiary/aromatic N) is 1. The molecule has 1 heterocycles. The van der Waals surface area contributed by atoms with Gasteiger partial charge in [-0.1, -0.05) is 48.5 Å². The summed E-state index contributed by atoms with van der Waals surface area (Å²) < 4.78 is 18.0. The molecule has 1 aliphatic rings. The third kappa shape index (κ3) is 5.69. The van der Waals surface area contributed by atoms with Crippen LogP contribution in [0, 0.1) is 0 Å². The molecule has 1 fully saturated rings. The lowest BCUT2D eigenvalue weighted by atomic mass is 10.2. The van der Waals surface area contributed by atoms with E-state index in [1.54, 1.807) is 0 Å². The highest BCUT2D eigenvalue weighted by atomic mass is 16.7. The zero-order chi connectivity index (χ0) is 19.7. The van der Waals surface area contributed by atoms with E-state index in [2.05, 4.69) is 4.99 Å². The van der Waals surface area contributed by atoms with Crippen molar-refractivity contribution in [2.75, 3.05) is 6.61 Å². The average molecular weight is 387 g/mol. The van der Waals surface area contributed by atoms with Crippen LogP contribution in [0.5, 0.6) is 11.5 Å². The standard InChI is InChI=1S/C25H25NO3/c1-3-9-20(10-4-1)19-28-23-15-14-21(18-26-22-11-5-2-6-12-22)17-24(23)29-25-13-7-8-16-27-25/h1-6,9-12,14-15,17-18,25H,7-8,13,16,19H2. The Balaban J connectivity index is 1.53. The third-order valence-electron chi connectivity index (χ3n) is 4.72. The molecule has 0 aromatic heterocycles. The summed E-state index contributed by atoms with van der Waals surface area (Å²) in [4.78, 5) is 4.54. The summed E-state index contributed by atoms with van der Waals surface area (Å²) in [5.41, 5.74) is 2.98. The molecule has 3 aromatic carbocycles. The Morgan fingerprint density at radius 2 is 1.69 bits per heavy atom. The fourth-order valence-electron chi connectivity index (χ4n) is 3.16. The van der Waals surface area contributed by atoms with Crippen molar-refractivity contribution in [3.63, 3.8) is 0 Å². The predicted octanol–water partition coefficient (Wildman–Crippen LogP) is 5.92. The quantitative estimate of drug-likeness (QED) is 0.472. The Labute approximate surface area is 171 Å². The van der Waals surface area contributed by atoms with E-state index in [1.807, 2.05) is 85.1 Å². The highest BCUT2D eigenvalue weighted by Gasteiger charge is 2.18. The number of rotatable bonds is 7. The first kappa shape index (κ1) is 19.2. The summed E-state index contributed by atoms with van der Waals surface area (Å²) in [6, 6.07) is 25.9. The highest BCUT2D eigenvalue weighted by Crippen LogP contribution is 2.31. The normalized spacial score (nSPS) is 16.6. The van der Waals surface area contributed by atoms with Gasteiger partial charge in [0, 0.05) is 12.6 Å². The molecule has 4 rings (SSSR count). The van der Waals surface area contributed by atoms with Gasteiger partial charge in [0.1, 0.15) is 6.61 Å². The van der Waals surface area contributed by atoms with E-state index in [1.165, 1.54) is 0 Å². The number of para-hydroxylation sites is 1. The van der Waals surface area contributed by atoms with Crippen molar-refractivity contribution in [1.29, 1.82) is 0 Å². The molecule has 0 spiro atoms. The molecule has 1 saturated heterocycles. The number of ether oxygens (including phenoxy) is 3. The van der Waals surface area contributed by atoms with Gasteiger partial charge in [-0.15, -0.1) is 0 Å². The monoisotopic (exact) mass is 387 g/mol. The molecular weight excluding hydrogens is 362 g/mol. The van der Waals surface area contributed by atoms with Crippen molar-refractivity contribution in [2.24, 2.45) is 4.99 Å². The maximum atomic E-state index is 6.16. The summed E-state index contributed by atoms with van der Waals surface area (Å²) in [5.74, 6) is 1.39. The second kappa shape index (κ2) is 9.89. The maximum Gasteiger partial charge on any atom is 0.200 e. The molecule has 0 bridgehead atoms. The van der Waals surface area contributed by atoms with E-state index in [9.17, 15) is 0 Å². The van der Waals surface area contributed by atoms with Crippen molar-refractivity contribution in [1.82, 2.24) is 0 Å². The zero-order valence-corrected chi connectivity index (χ0v) is 16.4. The number of benzene rings is 3. The van der Waals surface area contributed by atoms with Crippen LogP contribution >= 0.6 is 0 Å². The van der Waals surface area contributed by atoms with Crippen LogP contribution < -0.4 is 9.47 Å². The molecule has 1 unspecified atom stereocenters. The minimum Gasteiger partial charge on any atom is -0.485 e. The smallest absolute Gasteiger partial charge is 0.200 e. The average Bonchev–Trinajstić information content (AvgIpc) is 2.79. The lowest BCUT2D eigenvalue weighted by molar-refractivity contribution is -0.106. The van der Waals surface area contributed by atoms with Gasteiger partial charge < -0.3 is 14.2 Å². The maximum absolute atomic E-state index is 6.16. The van der Waals surface area contributed by atoms with Crippen molar-refractivity contribution in [2.45, 2.75) is 32.2 Å². The van der Waals surface area contributed by atoms with Gasteiger partial charge in [0.15, 0.2) is 17.8 Å². The summed E-state index contributed by atoms with van der Waals surface area (Å²) in [7, 11) is 0. The molecule has 0 amide bonds. The van der Waals surface area contributed by atoms with Crippen molar-refractivity contribution in [3.8, 4) is 11.5 Å². The highest BCUT2D eigenvalue weighted by molar-refractivity contribution is 5.83. The first-order valence-corrected chi connectivity index (χ1v) is 10.0. The van der Waals surface area contributed by atoms with Crippen LogP contribution in [0.15, 0.2) is 83.9 Å². The lowest BCUT2D eigenvalue weighted by Gasteiger charge is -2.24. The SMILES string of the molecule is C(=Nc1ccccc1)c1ccc(OCc2ccccc2)c(OC2CCCCO2)c1. The van der Waals surface area contributed by atoms with Gasteiger partial charge in [-0.3, -0.25) is 4.99 Å². The molecule has 148 valence electrons. The van der Waals surface area contributed by atoms with Gasteiger partial charge in [0.25, 0.3) is 0 Å².